The highest BCUT2D eigenvalue weighted by atomic mass is 16.5. The Morgan fingerprint density at radius 3 is 2.81 bits per heavy atom. The van der Waals surface area contributed by atoms with Crippen LogP contribution in [0.25, 0.3) is 11.3 Å². The second-order valence-electron chi connectivity index (χ2n) is 6.65. The third-order valence-electron chi connectivity index (χ3n) is 4.81. The molecule has 0 spiro atoms. The van der Waals surface area contributed by atoms with Crippen molar-refractivity contribution >= 4 is 5.82 Å². The van der Waals surface area contributed by atoms with Gasteiger partial charge < -0.3 is 10.5 Å². The fourth-order valence-corrected chi connectivity index (χ4v) is 3.42. The van der Waals surface area contributed by atoms with Gasteiger partial charge in [-0.3, -0.25) is 9.58 Å². The van der Waals surface area contributed by atoms with Crippen LogP contribution in [0.5, 0.6) is 5.75 Å². The maximum atomic E-state index is 6.08. The van der Waals surface area contributed by atoms with Crippen molar-refractivity contribution in [3.05, 3.63) is 59.4 Å². The number of anilines is 1. The zero-order valence-corrected chi connectivity index (χ0v) is 15.1. The van der Waals surface area contributed by atoms with Gasteiger partial charge in [0, 0.05) is 36.5 Å². The maximum absolute atomic E-state index is 6.08. The molecule has 0 aliphatic carbocycles. The van der Waals surface area contributed by atoms with Crippen LogP contribution in [0, 0.1) is 6.92 Å². The first-order valence-electron chi connectivity index (χ1n) is 8.78. The zero-order chi connectivity index (χ0) is 18.1. The Hall–Kier alpha value is -2.86. The first-order valence-corrected chi connectivity index (χ1v) is 8.78. The quantitative estimate of drug-likeness (QED) is 0.784. The Kier molecular flexibility index (Phi) is 4.34. The maximum Gasteiger partial charge on any atom is 0.128 e. The molecule has 6 heteroatoms. The molecule has 26 heavy (non-hydrogen) atoms. The molecule has 134 valence electrons. The number of fused-ring (bicyclic) bond motifs is 1. The van der Waals surface area contributed by atoms with Gasteiger partial charge in [0.05, 0.1) is 25.0 Å². The molecule has 0 atom stereocenters. The van der Waals surface area contributed by atoms with Gasteiger partial charge in [0.25, 0.3) is 0 Å². The average molecular weight is 349 g/mol. The van der Waals surface area contributed by atoms with Crippen molar-refractivity contribution < 1.29 is 4.74 Å². The average Bonchev–Trinajstić information content (AvgIpc) is 3.07. The summed E-state index contributed by atoms with van der Waals surface area (Å²) in [6.07, 6.45) is 0. The minimum atomic E-state index is 0.624. The molecular weight excluding hydrogens is 326 g/mol. The van der Waals surface area contributed by atoms with Crippen LogP contribution >= 0.6 is 0 Å². The van der Waals surface area contributed by atoms with Crippen LogP contribution in [0.15, 0.2) is 42.5 Å². The summed E-state index contributed by atoms with van der Waals surface area (Å²) >= 11 is 0. The first-order chi connectivity index (χ1) is 12.6. The van der Waals surface area contributed by atoms with Crippen LogP contribution in [-0.4, -0.2) is 33.3 Å². The van der Waals surface area contributed by atoms with Crippen molar-refractivity contribution in [1.29, 1.82) is 0 Å². The summed E-state index contributed by atoms with van der Waals surface area (Å²) in [4.78, 5) is 6.75. The lowest BCUT2D eigenvalue weighted by Gasteiger charge is -2.27. The third-order valence-corrected chi connectivity index (χ3v) is 4.81. The number of benzene rings is 1. The van der Waals surface area contributed by atoms with Crippen molar-refractivity contribution in [2.75, 3.05) is 19.4 Å². The van der Waals surface area contributed by atoms with Gasteiger partial charge in [0.1, 0.15) is 11.6 Å². The standard InChI is InChI=1S/C20H23N5O/c1-14-7-8-15(20(21)22-14)12-24-9-10-25-16(13-24)11-18(23-25)17-5-3-4-6-19(17)26-2/h3-8,11H,9-10,12-13H2,1-2H3,(H2,21,22). The Morgan fingerprint density at radius 1 is 1.15 bits per heavy atom. The number of hydrogen-bond acceptors (Lipinski definition) is 5. The number of rotatable bonds is 4. The SMILES string of the molecule is COc1ccccc1-c1cc2n(n1)CCN(Cc1ccc(C)nc1N)C2. The Labute approximate surface area is 153 Å². The van der Waals surface area contributed by atoms with Crippen molar-refractivity contribution in [2.45, 2.75) is 26.6 Å². The normalized spacial score (nSPS) is 14.2. The van der Waals surface area contributed by atoms with Crippen LogP contribution in [0.4, 0.5) is 5.82 Å². The van der Waals surface area contributed by atoms with E-state index in [4.69, 9.17) is 15.6 Å². The van der Waals surface area contributed by atoms with E-state index < -0.39 is 0 Å². The van der Waals surface area contributed by atoms with Gasteiger partial charge in [0.2, 0.25) is 0 Å². The molecule has 2 N–H and O–H groups in total. The molecule has 3 heterocycles. The largest absolute Gasteiger partial charge is 0.496 e. The van der Waals surface area contributed by atoms with E-state index in [-0.39, 0.29) is 0 Å². The molecule has 0 saturated carbocycles. The van der Waals surface area contributed by atoms with E-state index in [0.29, 0.717) is 5.82 Å². The van der Waals surface area contributed by atoms with Crippen LogP contribution in [0.1, 0.15) is 17.0 Å². The van der Waals surface area contributed by atoms with Gasteiger partial charge >= 0.3 is 0 Å². The summed E-state index contributed by atoms with van der Waals surface area (Å²) in [6.45, 7) is 5.40. The smallest absolute Gasteiger partial charge is 0.128 e. The predicted octanol–water partition coefficient (Wildman–Crippen LogP) is 2.86. The summed E-state index contributed by atoms with van der Waals surface area (Å²) in [5.74, 6) is 1.47. The Bertz CT molecular complexity index is 934. The molecular formula is C20H23N5O. The van der Waals surface area contributed by atoms with E-state index in [9.17, 15) is 0 Å². The molecule has 0 unspecified atom stereocenters. The summed E-state index contributed by atoms with van der Waals surface area (Å²) < 4.78 is 7.57. The third kappa shape index (κ3) is 3.15. The van der Waals surface area contributed by atoms with E-state index in [1.165, 1.54) is 5.69 Å². The number of ether oxygens (including phenoxy) is 1. The van der Waals surface area contributed by atoms with Gasteiger partial charge in [0.15, 0.2) is 0 Å². The number of nitrogens with two attached hydrogens (primary N) is 1. The fourth-order valence-electron chi connectivity index (χ4n) is 3.42. The van der Waals surface area contributed by atoms with E-state index in [1.807, 2.05) is 37.3 Å². The minimum Gasteiger partial charge on any atom is -0.496 e. The zero-order valence-electron chi connectivity index (χ0n) is 15.1. The first kappa shape index (κ1) is 16.6. The van der Waals surface area contributed by atoms with Crippen molar-refractivity contribution in [2.24, 2.45) is 0 Å². The molecule has 6 nitrogen and oxygen atoms in total. The molecule has 0 bridgehead atoms. The lowest BCUT2D eigenvalue weighted by Crippen LogP contribution is -2.33. The monoisotopic (exact) mass is 349 g/mol. The fraction of sp³-hybridized carbons (Fsp3) is 0.300. The summed E-state index contributed by atoms with van der Waals surface area (Å²) in [5.41, 5.74) is 11.3. The van der Waals surface area contributed by atoms with Crippen molar-refractivity contribution in [1.82, 2.24) is 19.7 Å². The summed E-state index contributed by atoms with van der Waals surface area (Å²) in [6, 6.07) is 14.2. The van der Waals surface area contributed by atoms with Crippen LogP contribution in [0.2, 0.25) is 0 Å². The molecule has 1 aliphatic rings. The van der Waals surface area contributed by atoms with Crippen LogP contribution in [-0.2, 0) is 19.6 Å². The van der Waals surface area contributed by atoms with Gasteiger partial charge in [-0.05, 0) is 31.2 Å². The number of nitrogens with zero attached hydrogens (tertiary/aromatic N) is 4. The van der Waals surface area contributed by atoms with E-state index >= 15 is 0 Å². The van der Waals surface area contributed by atoms with E-state index in [1.54, 1.807) is 7.11 Å². The highest BCUT2D eigenvalue weighted by Crippen LogP contribution is 2.30. The Morgan fingerprint density at radius 2 is 2.00 bits per heavy atom. The molecule has 0 fully saturated rings. The molecule has 4 rings (SSSR count). The molecule has 0 amide bonds. The number of aryl methyl sites for hydroxylation is 1. The van der Waals surface area contributed by atoms with Gasteiger partial charge in [-0.2, -0.15) is 5.10 Å². The van der Waals surface area contributed by atoms with Gasteiger partial charge in [-0.1, -0.05) is 18.2 Å². The molecule has 0 saturated heterocycles. The highest BCUT2D eigenvalue weighted by Gasteiger charge is 2.20. The Balaban J connectivity index is 1.55. The van der Waals surface area contributed by atoms with Gasteiger partial charge in [-0.25, -0.2) is 4.98 Å². The van der Waals surface area contributed by atoms with Crippen molar-refractivity contribution in [3.63, 3.8) is 0 Å². The van der Waals surface area contributed by atoms with Crippen LogP contribution < -0.4 is 10.5 Å². The summed E-state index contributed by atoms with van der Waals surface area (Å²) in [7, 11) is 1.69. The molecule has 1 aromatic carbocycles. The summed E-state index contributed by atoms with van der Waals surface area (Å²) in [5, 5.41) is 4.77. The number of para-hydroxylation sites is 1. The topological polar surface area (TPSA) is 69.2 Å². The number of methoxy groups -OCH3 is 1. The molecule has 0 radical (unpaired) electrons. The number of aromatic nitrogens is 3. The lowest BCUT2D eigenvalue weighted by atomic mass is 10.1. The molecule has 1 aliphatic heterocycles. The van der Waals surface area contributed by atoms with Crippen molar-refractivity contribution in [3.8, 4) is 17.0 Å². The highest BCUT2D eigenvalue weighted by molar-refractivity contribution is 5.67. The predicted molar refractivity (Wildman–Crippen MR) is 102 cm³/mol. The second-order valence-corrected chi connectivity index (χ2v) is 6.65. The van der Waals surface area contributed by atoms with Crippen LogP contribution in [0.3, 0.4) is 0 Å². The lowest BCUT2D eigenvalue weighted by molar-refractivity contribution is 0.205. The van der Waals surface area contributed by atoms with Gasteiger partial charge in [-0.15, -0.1) is 0 Å². The molecule has 3 aromatic rings. The minimum absolute atomic E-state index is 0.624. The van der Waals surface area contributed by atoms with E-state index in [2.05, 4.69) is 26.7 Å². The number of nitrogen functional groups attached to an aromatic ring is 1. The number of pyridine rings is 1. The number of hydrogen-bond donors (Lipinski definition) is 1. The van der Waals surface area contributed by atoms with E-state index in [0.717, 1.165) is 54.4 Å². The second kappa shape index (κ2) is 6.80. The molecule has 2 aromatic heterocycles.